The maximum Gasteiger partial charge on any atom is 0.00901 e. The van der Waals surface area contributed by atoms with E-state index < -0.39 is 0 Å². The number of hydrogen-bond acceptors (Lipinski definition) is 2. The molecule has 0 aromatic carbocycles. The van der Waals surface area contributed by atoms with E-state index in [2.05, 4.69) is 42.9 Å². The Labute approximate surface area is 104 Å². The van der Waals surface area contributed by atoms with Crippen LogP contribution in [-0.4, -0.2) is 12.6 Å². The van der Waals surface area contributed by atoms with Crippen LogP contribution in [0.15, 0.2) is 16.8 Å². The first-order valence-corrected chi connectivity index (χ1v) is 7.46. The lowest BCUT2D eigenvalue weighted by molar-refractivity contribution is 0.349. The van der Waals surface area contributed by atoms with Crippen molar-refractivity contribution >= 4 is 11.3 Å². The van der Waals surface area contributed by atoms with Gasteiger partial charge in [0.25, 0.3) is 0 Å². The van der Waals surface area contributed by atoms with Crippen LogP contribution in [0.4, 0.5) is 0 Å². The van der Waals surface area contributed by atoms with E-state index in [1.165, 1.54) is 31.2 Å². The van der Waals surface area contributed by atoms with Crippen LogP contribution in [0.25, 0.3) is 0 Å². The Morgan fingerprint density at radius 3 is 2.75 bits per heavy atom. The zero-order valence-corrected chi connectivity index (χ0v) is 11.6. The minimum atomic E-state index is 0.693. The summed E-state index contributed by atoms with van der Waals surface area (Å²) in [6.07, 6.45) is 5.00. The molecule has 0 bridgehead atoms. The Morgan fingerprint density at radius 2 is 2.19 bits per heavy atom. The van der Waals surface area contributed by atoms with E-state index in [9.17, 15) is 0 Å². The summed E-state index contributed by atoms with van der Waals surface area (Å²) in [4.78, 5) is 0. The van der Waals surface area contributed by atoms with Crippen LogP contribution in [0.1, 0.15) is 45.6 Å². The molecule has 0 amide bonds. The molecule has 0 aliphatic carbocycles. The first-order chi connectivity index (χ1) is 7.77. The third-order valence-corrected chi connectivity index (χ3v) is 3.98. The van der Waals surface area contributed by atoms with Gasteiger partial charge in [0, 0.05) is 6.04 Å². The topological polar surface area (TPSA) is 12.0 Å². The van der Waals surface area contributed by atoms with Crippen molar-refractivity contribution < 1.29 is 0 Å². The average Bonchev–Trinajstić information content (AvgIpc) is 2.80. The van der Waals surface area contributed by atoms with Gasteiger partial charge in [0.2, 0.25) is 0 Å². The molecule has 92 valence electrons. The summed E-state index contributed by atoms with van der Waals surface area (Å²) in [6, 6.07) is 2.94. The Bertz CT molecular complexity index is 256. The minimum Gasteiger partial charge on any atom is -0.314 e. The second kappa shape index (κ2) is 7.86. The van der Waals surface area contributed by atoms with Gasteiger partial charge in [0.1, 0.15) is 0 Å². The van der Waals surface area contributed by atoms with Crippen molar-refractivity contribution in [1.82, 2.24) is 5.32 Å². The van der Waals surface area contributed by atoms with Gasteiger partial charge < -0.3 is 5.32 Å². The van der Waals surface area contributed by atoms with Crippen molar-refractivity contribution in [3.05, 3.63) is 22.4 Å². The van der Waals surface area contributed by atoms with Gasteiger partial charge in [-0.1, -0.05) is 20.8 Å². The fraction of sp³-hybridized carbons (Fsp3) is 0.714. The van der Waals surface area contributed by atoms with Crippen LogP contribution in [0.5, 0.6) is 0 Å². The minimum absolute atomic E-state index is 0.693. The first-order valence-electron chi connectivity index (χ1n) is 6.52. The molecule has 16 heavy (non-hydrogen) atoms. The molecule has 2 heteroatoms. The molecule has 0 aliphatic heterocycles. The Hall–Kier alpha value is -0.340. The molecule has 0 aliphatic rings. The number of hydrogen-bond donors (Lipinski definition) is 1. The largest absolute Gasteiger partial charge is 0.314 e. The molecule has 0 fully saturated rings. The van der Waals surface area contributed by atoms with Crippen molar-refractivity contribution in [2.75, 3.05) is 6.54 Å². The van der Waals surface area contributed by atoms with Crippen LogP contribution in [0, 0.1) is 5.92 Å². The van der Waals surface area contributed by atoms with Gasteiger partial charge in [-0.2, -0.15) is 11.3 Å². The van der Waals surface area contributed by atoms with Crippen molar-refractivity contribution in [3.8, 4) is 0 Å². The second-order valence-corrected chi connectivity index (χ2v) is 5.40. The van der Waals surface area contributed by atoms with E-state index >= 15 is 0 Å². The number of nitrogens with one attached hydrogen (secondary N) is 1. The van der Waals surface area contributed by atoms with Crippen LogP contribution in [-0.2, 0) is 6.42 Å². The van der Waals surface area contributed by atoms with E-state index in [-0.39, 0.29) is 0 Å². The molecular weight excluding hydrogens is 214 g/mol. The summed E-state index contributed by atoms with van der Waals surface area (Å²) < 4.78 is 0. The van der Waals surface area contributed by atoms with Gasteiger partial charge in [0.05, 0.1) is 0 Å². The third kappa shape index (κ3) is 4.67. The van der Waals surface area contributed by atoms with Crippen molar-refractivity contribution in [2.24, 2.45) is 5.92 Å². The predicted octanol–water partition coefficient (Wildman–Crippen LogP) is 4.10. The highest BCUT2D eigenvalue weighted by Crippen LogP contribution is 2.16. The van der Waals surface area contributed by atoms with E-state index in [1.807, 2.05) is 0 Å². The summed E-state index contributed by atoms with van der Waals surface area (Å²) in [5, 5.41) is 8.10. The average molecular weight is 239 g/mol. The van der Waals surface area contributed by atoms with Crippen LogP contribution < -0.4 is 5.32 Å². The Balaban J connectivity index is 2.28. The monoisotopic (exact) mass is 239 g/mol. The lowest BCUT2D eigenvalue weighted by Crippen LogP contribution is -2.35. The lowest BCUT2D eigenvalue weighted by atomic mass is 9.93. The summed E-state index contributed by atoms with van der Waals surface area (Å²) in [6.45, 7) is 8.05. The highest BCUT2D eigenvalue weighted by molar-refractivity contribution is 7.07. The molecule has 0 spiro atoms. The summed E-state index contributed by atoms with van der Waals surface area (Å²) >= 11 is 1.80. The molecule has 1 nitrogen and oxygen atoms in total. The maximum absolute atomic E-state index is 3.65. The normalized spacial score (nSPS) is 14.9. The van der Waals surface area contributed by atoms with E-state index in [4.69, 9.17) is 0 Å². The van der Waals surface area contributed by atoms with Gasteiger partial charge in [-0.15, -0.1) is 0 Å². The van der Waals surface area contributed by atoms with Gasteiger partial charge >= 0.3 is 0 Å². The summed E-state index contributed by atoms with van der Waals surface area (Å²) in [5.74, 6) is 0.774. The van der Waals surface area contributed by atoms with Gasteiger partial charge in [-0.3, -0.25) is 0 Å². The SMILES string of the molecule is CCCNC(CC)C(C)CCc1ccsc1. The van der Waals surface area contributed by atoms with Gasteiger partial charge in [-0.05, 0) is 60.5 Å². The first kappa shape index (κ1) is 13.7. The third-order valence-electron chi connectivity index (χ3n) is 3.25. The zero-order chi connectivity index (χ0) is 11.8. The molecule has 1 aromatic rings. The number of thiophene rings is 1. The van der Waals surface area contributed by atoms with Gasteiger partial charge in [0.15, 0.2) is 0 Å². The van der Waals surface area contributed by atoms with E-state index in [0.29, 0.717) is 6.04 Å². The van der Waals surface area contributed by atoms with Crippen molar-refractivity contribution in [2.45, 2.75) is 52.5 Å². The molecule has 1 N–H and O–H groups in total. The van der Waals surface area contributed by atoms with E-state index in [1.54, 1.807) is 11.3 Å². The Kier molecular flexibility index (Phi) is 6.74. The molecule has 0 saturated carbocycles. The standard InChI is InChI=1S/C14H25NS/c1-4-9-15-14(5-2)12(3)6-7-13-8-10-16-11-13/h8,10-12,14-15H,4-7,9H2,1-3H3. The van der Waals surface area contributed by atoms with Crippen molar-refractivity contribution in [3.63, 3.8) is 0 Å². The highest BCUT2D eigenvalue weighted by atomic mass is 32.1. The Morgan fingerprint density at radius 1 is 1.38 bits per heavy atom. The molecule has 1 rings (SSSR count). The fourth-order valence-electron chi connectivity index (χ4n) is 2.11. The molecule has 0 radical (unpaired) electrons. The quantitative estimate of drug-likeness (QED) is 0.720. The van der Waals surface area contributed by atoms with E-state index in [0.717, 1.165) is 12.5 Å². The lowest BCUT2D eigenvalue weighted by Gasteiger charge is -2.23. The molecule has 2 atom stereocenters. The summed E-state index contributed by atoms with van der Waals surface area (Å²) in [7, 11) is 0. The van der Waals surface area contributed by atoms with Crippen LogP contribution >= 0.6 is 11.3 Å². The zero-order valence-electron chi connectivity index (χ0n) is 10.8. The predicted molar refractivity (Wildman–Crippen MR) is 74.2 cm³/mol. The smallest absolute Gasteiger partial charge is 0.00901 e. The second-order valence-electron chi connectivity index (χ2n) is 4.62. The molecular formula is C14H25NS. The number of rotatable bonds is 8. The van der Waals surface area contributed by atoms with Gasteiger partial charge in [-0.25, -0.2) is 0 Å². The highest BCUT2D eigenvalue weighted by Gasteiger charge is 2.14. The molecule has 2 unspecified atom stereocenters. The van der Waals surface area contributed by atoms with Crippen molar-refractivity contribution in [1.29, 1.82) is 0 Å². The maximum atomic E-state index is 3.65. The van der Waals surface area contributed by atoms with Crippen LogP contribution in [0.2, 0.25) is 0 Å². The van der Waals surface area contributed by atoms with Crippen LogP contribution in [0.3, 0.4) is 0 Å². The molecule has 1 aromatic heterocycles. The number of aryl methyl sites for hydroxylation is 1. The summed E-state index contributed by atoms with van der Waals surface area (Å²) in [5.41, 5.74) is 1.50. The molecule has 0 saturated heterocycles. The molecule has 1 heterocycles. The fourth-order valence-corrected chi connectivity index (χ4v) is 2.81.